The van der Waals surface area contributed by atoms with Crippen molar-refractivity contribution < 1.29 is 14.3 Å². The van der Waals surface area contributed by atoms with Crippen molar-refractivity contribution in [3.05, 3.63) is 5.28 Å². The number of nitrogens with zero attached hydrogens (tertiary/aromatic N) is 3. The molecule has 1 amide bonds. The maximum atomic E-state index is 10.3. The van der Waals surface area contributed by atoms with Crippen molar-refractivity contribution in [2.24, 2.45) is 5.73 Å². The Kier molecular flexibility index (Phi) is 5.37. The number of anilines is 1. The minimum Gasteiger partial charge on any atom is -0.461 e. The number of hydrogen-bond donors (Lipinski definition) is 2. The number of hydrogen-bond acceptors (Lipinski definition) is 7. The van der Waals surface area contributed by atoms with Crippen LogP contribution in [0.5, 0.6) is 6.01 Å². The van der Waals surface area contributed by atoms with Crippen LogP contribution in [0, 0.1) is 0 Å². The third-order valence-electron chi connectivity index (χ3n) is 1.56. The number of halogens is 1. The van der Waals surface area contributed by atoms with Crippen molar-refractivity contribution in [3.63, 3.8) is 0 Å². The van der Waals surface area contributed by atoms with Crippen LogP contribution in [0.3, 0.4) is 0 Å². The second-order valence-electron chi connectivity index (χ2n) is 3.47. The number of aromatic nitrogens is 3. The van der Waals surface area contributed by atoms with Gasteiger partial charge >= 0.3 is 12.1 Å². The fourth-order valence-corrected chi connectivity index (χ4v) is 1.14. The minimum atomic E-state index is -0.839. The van der Waals surface area contributed by atoms with Crippen molar-refractivity contribution in [2.45, 2.75) is 20.0 Å². The Morgan fingerprint density at radius 3 is 2.78 bits per heavy atom. The SMILES string of the molecule is CC(C)Oc1nc(Cl)nc(NCCOC(N)=O)n1. The van der Waals surface area contributed by atoms with Gasteiger partial charge in [-0.1, -0.05) is 0 Å². The quantitative estimate of drug-likeness (QED) is 0.739. The molecule has 100 valence electrons. The first kappa shape index (κ1) is 14.2. The Labute approximate surface area is 109 Å². The number of primary amides is 1. The highest BCUT2D eigenvalue weighted by Crippen LogP contribution is 2.12. The average Bonchev–Trinajstić information content (AvgIpc) is 2.22. The molecule has 18 heavy (non-hydrogen) atoms. The molecule has 0 atom stereocenters. The number of ether oxygens (including phenoxy) is 2. The normalized spacial score (nSPS) is 10.2. The maximum Gasteiger partial charge on any atom is 0.404 e. The van der Waals surface area contributed by atoms with Gasteiger partial charge < -0.3 is 20.5 Å². The summed E-state index contributed by atoms with van der Waals surface area (Å²) in [7, 11) is 0. The molecule has 0 aliphatic carbocycles. The van der Waals surface area contributed by atoms with Crippen LogP contribution < -0.4 is 15.8 Å². The molecule has 0 bridgehead atoms. The summed E-state index contributed by atoms with van der Waals surface area (Å²) in [5, 5.41) is 2.81. The van der Waals surface area contributed by atoms with E-state index in [1.165, 1.54) is 0 Å². The zero-order valence-corrected chi connectivity index (χ0v) is 10.8. The summed E-state index contributed by atoms with van der Waals surface area (Å²) in [5.41, 5.74) is 4.80. The van der Waals surface area contributed by atoms with Gasteiger partial charge in [0.25, 0.3) is 0 Å². The Balaban J connectivity index is 2.54. The second kappa shape index (κ2) is 6.80. The standard InChI is InChI=1S/C9H14ClN5O3/c1-5(2)18-9-14-6(10)13-8(15-9)12-3-4-17-7(11)16/h5H,3-4H2,1-2H3,(H2,11,16)(H,12,13,14,15). The highest BCUT2D eigenvalue weighted by Gasteiger charge is 2.07. The van der Waals surface area contributed by atoms with Crippen LogP contribution in [0.25, 0.3) is 0 Å². The second-order valence-corrected chi connectivity index (χ2v) is 3.81. The number of nitrogens with one attached hydrogen (secondary N) is 1. The average molecular weight is 276 g/mol. The molecule has 0 aromatic carbocycles. The van der Waals surface area contributed by atoms with E-state index < -0.39 is 6.09 Å². The van der Waals surface area contributed by atoms with Gasteiger partial charge in [0.05, 0.1) is 12.6 Å². The molecule has 0 fully saturated rings. The highest BCUT2D eigenvalue weighted by atomic mass is 35.5. The van der Waals surface area contributed by atoms with Crippen molar-refractivity contribution in [2.75, 3.05) is 18.5 Å². The molecule has 1 heterocycles. The Hall–Kier alpha value is -1.83. The van der Waals surface area contributed by atoms with Crippen LogP contribution in [-0.2, 0) is 4.74 Å². The molecule has 0 aliphatic heterocycles. The monoisotopic (exact) mass is 275 g/mol. The van der Waals surface area contributed by atoms with Crippen molar-refractivity contribution >= 4 is 23.6 Å². The zero-order chi connectivity index (χ0) is 13.5. The molecule has 0 aliphatic rings. The minimum absolute atomic E-state index is 0.0129. The summed E-state index contributed by atoms with van der Waals surface area (Å²) < 4.78 is 9.82. The smallest absolute Gasteiger partial charge is 0.404 e. The van der Waals surface area contributed by atoms with Crippen LogP contribution in [0.1, 0.15) is 13.8 Å². The summed E-state index contributed by atoms with van der Waals surface area (Å²) in [6, 6.07) is 0.128. The van der Waals surface area contributed by atoms with Crippen LogP contribution in [0.2, 0.25) is 5.28 Å². The summed E-state index contributed by atoms with van der Waals surface area (Å²) in [6.07, 6.45) is -0.913. The lowest BCUT2D eigenvalue weighted by Gasteiger charge is -2.09. The van der Waals surface area contributed by atoms with Crippen LogP contribution in [0.15, 0.2) is 0 Å². The van der Waals surface area contributed by atoms with E-state index in [2.05, 4.69) is 25.0 Å². The number of rotatable bonds is 6. The molecule has 9 heteroatoms. The number of carbonyl (C=O) groups excluding carboxylic acids is 1. The zero-order valence-electron chi connectivity index (χ0n) is 10.0. The predicted molar refractivity (Wildman–Crippen MR) is 64.6 cm³/mol. The van der Waals surface area contributed by atoms with Crippen LogP contribution in [-0.4, -0.2) is 40.3 Å². The lowest BCUT2D eigenvalue weighted by atomic mass is 10.5. The molecule has 0 radical (unpaired) electrons. The van der Waals surface area contributed by atoms with Gasteiger partial charge in [0.15, 0.2) is 0 Å². The van der Waals surface area contributed by atoms with E-state index in [1.807, 2.05) is 13.8 Å². The molecule has 0 saturated heterocycles. The van der Waals surface area contributed by atoms with E-state index in [4.69, 9.17) is 22.1 Å². The largest absolute Gasteiger partial charge is 0.461 e. The van der Waals surface area contributed by atoms with E-state index >= 15 is 0 Å². The molecular formula is C9H14ClN5O3. The molecule has 3 N–H and O–H groups in total. The third kappa shape index (κ3) is 5.48. The van der Waals surface area contributed by atoms with Gasteiger partial charge in [-0.25, -0.2) is 4.79 Å². The third-order valence-corrected chi connectivity index (χ3v) is 1.73. The highest BCUT2D eigenvalue weighted by molar-refractivity contribution is 6.28. The molecule has 0 spiro atoms. The Morgan fingerprint density at radius 2 is 2.17 bits per heavy atom. The van der Waals surface area contributed by atoms with E-state index in [9.17, 15) is 4.79 Å². The fraction of sp³-hybridized carbons (Fsp3) is 0.556. The maximum absolute atomic E-state index is 10.3. The van der Waals surface area contributed by atoms with Gasteiger partial charge in [0.1, 0.15) is 6.61 Å². The summed E-state index contributed by atoms with van der Waals surface area (Å²) in [5.74, 6) is 0.235. The van der Waals surface area contributed by atoms with Gasteiger partial charge in [-0.3, -0.25) is 0 Å². The van der Waals surface area contributed by atoms with Crippen molar-refractivity contribution in [1.82, 2.24) is 15.0 Å². The number of carbonyl (C=O) groups is 1. The van der Waals surface area contributed by atoms with E-state index in [0.717, 1.165) is 0 Å². The predicted octanol–water partition coefficient (Wildman–Crippen LogP) is 0.819. The van der Waals surface area contributed by atoms with Gasteiger partial charge in [-0.2, -0.15) is 15.0 Å². The molecular weight excluding hydrogens is 262 g/mol. The number of nitrogens with two attached hydrogens (primary N) is 1. The summed E-state index contributed by atoms with van der Waals surface area (Å²) >= 11 is 5.71. The first-order chi connectivity index (χ1) is 8.47. The lowest BCUT2D eigenvalue weighted by Crippen LogP contribution is -2.19. The Bertz CT molecular complexity index is 415. The first-order valence-electron chi connectivity index (χ1n) is 5.21. The number of amides is 1. The van der Waals surface area contributed by atoms with Gasteiger partial charge in [-0.15, -0.1) is 0 Å². The molecule has 0 saturated carbocycles. The topological polar surface area (TPSA) is 112 Å². The summed E-state index contributed by atoms with van der Waals surface area (Å²) in [6.45, 7) is 4.07. The van der Waals surface area contributed by atoms with E-state index in [0.29, 0.717) is 6.54 Å². The van der Waals surface area contributed by atoms with Gasteiger partial charge in [0.2, 0.25) is 11.2 Å². The molecule has 0 unspecified atom stereocenters. The van der Waals surface area contributed by atoms with E-state index in [1.54, 1.807) is 0 Å². The van der Waals surface area contributed by atoms with Crippen molar-refractivity contribution in [1.29, 1.82) is 0 Å². The van der Waals surface area contributed by atoms with Gasteiger partial charge in [-0.05, 0) is 25.4 Å². The van der Waals surface area contributed by atoms with Gasteiger partial charge in [0, 0.05) is 0 Å². The lowest BCUT2D eigenvalue weighted by molar-refractivity contribution is 0.161. The first-order valence-corrected chi connectivity index (χ1v) is 5.59. The van der Waals surface area contributed by atoms with Crippen LogP contribution in [0.4, 0.5) is 10.7 Å². The molecule has 1 rings (SSSR count). The van der Waals surface area contributed by atoms with Crippen molar-refractivity contribution in [3.8, 4) is 6.01 Å². The molecule has 8 nitrogen and oxygen atoms in total. The Morgan fingerprint density at radius 1 is 1.44 bits per heavy atom. The molecule has 1 aromatic heterocycles. The molecule has 1 aromatic rings. The fourth-order valence-electron chi connectivity index (χ4n) is 0.989. The summed E-state index contributed by atoms with van der Waals surface area (Å²) in [4.78, 5) is 22.0. The van der Waals surface area contributed by atoms with Crippen LogP contribution >= 0.6 is 11.6 Å². The van der Waals surface area contributed by atoms with E-state index in [-0.39, 0.29) is 30.0 Å².